The molecule has 2 amide bonds. The second-order valence-electron chi connectivity index (χ2n) is 7.76. The number of fused-ring (bicyclic) bond motifs is 1. The van der Waals surface area contributed by atoms with Crippen LogP contribution < -0.4 is 20.1 Å². The summed E-state index contributed by atoms with van der Waals surface area (Å²) in [6.07, 6.45) is 0. The van der Waals surface area contributed by atoms with Crippen molar-refractivity contribution in [2.45, 2.75) is 32.7 Å². The van der Waals surface area contributed by atoms with Gasteiger partial charge in [0.05, 0.1) is 6.54 Å². The van der Waals surface area contributed by atoms with E-state index >= 15 is 0 Å². The summed E-state index contributed by atoms with van der Waals surface area (Å²) in [6.45, 7) is 7.69. The maximum atomic E-state index is 12.2. The van der Waals surface area contributed by atoms with Gasteiger partial charge in [0.15, 0.2) is 11.5 Å². The lowest BCUT2D eigenvalue weighted by Crippen LogP contribution is -2.36. The first-order valence-corrected chi connectivity index (χ1v) is 9.37. The molecule has 0 aliphatic carbocycles. The molecule has 6 heteroatoms. The Bertz CT molecular complexity index is 854. The van der Waals surface area contributed by atoms with Crippen LogP contribution >= 0.6 is 0 Å². The summed E-state index contributed by atoms with van der Waals surface area (Å²) in [4.78, 5) is 24.3. The molecular weight excluding hydrogens is 356 g/mol. The van der Waals surface area contributed by atoms with Crippen LogP contribution in [0.3, 0.4) is 0 Å². The van der Waals surface area contributed by atoms with Gasteiger partial charge in [-0.15, -0.1) is 0 Å². The highest BCUT2D eigenvalue weighted by molar-refractivity contribution is 5.96. The average Bonchev–Trinajstić information content (AvgIpc) is 2.69. The van der Waals surface area contributed by atoms with Gasteiger partial charge in [0.2, 0.25) is 5.91 Å². The zero-order valence-corrected chi connectivity index (χ0v) is 16.5. The third-order valence-electron chi connectivity index (χ3n) is 4.52. The fourth-order valence-corrected chi connectivity index (χ4v) is 2.85. The van der Waals surface area contributed by atoms with Crippen molar-refractivity contribution in [3.63, 3.8) is 0 Å². The minimum Gasteiger partial charge on any atom is -0.486 e. The Hall–Kier alpha value is -3.02. The predicted molar refractivity (Wildman–Crippen MR) is 107 cm³/mol. The summed E-state index contributed by atoms with van der Waals surface area (Å²) >= 11 is 0. The molecule has 3 rings (SSSR count). The Labute approximate surface area is 165 Å². The number of amides is 2. The molecule has 2 aromatic rings. The third-order valence-corrected chi connectivity index (χ3v) is 4.52. The summed E-state index contributed by atoms with van der Waals surface area (Å²) in [6, 6.07) is 13.0. The zero-order valence-electron chi connectivity index (χ0n) is 16.5. The average molecular weight is 382 g/mol. The standard InChI is InChI=1S/C22H26N2O4/c1-22(2,3)17-7-5-16(6-8-17)21(26)24-14-20(25)23-13-15-4-9-18-19(12-15)28-11-10-27-18/h4-9,12H,10-11,13-14H2,1-3H3,(H,23,25)(H,24,26). The number of nitrogens with one attached hydrogen (secondary N) is 2. The Morgan fingerprint density at radius 3 is 2.29 bits per heavy atom. The molecule has 0 radical (unpaired) electrons. The summed E-state index contributed by atoms with van der Waals surface area (Å²) in [5, 5.41) is 5.44. The summed E-state index contributed by atoms with van der Waals surface area (Å²) in [5.41, 5.74) is 2.62. The van der Waals surface area contributed by atoms with Crippen molar-refractivity contribution in [2.24, 2.45) is 0 Å². The second-order valence-corrected chi connectivity index (χ2v) is 7.76. The van der Waals surface area contributed by atoms with Crippen molar-refractivity contribution in [2.75, 3.05) is 19.8 Å². The predicted octanol–water partition coefficient (Wildman–Crippen LogP) is 2.80. The summed E-state index contributed by atoms with van der Waals surface area (Å²) in [7, 11) is 0. The minimum atomic E-state index is -0.269. The first-order valence-electron chi connectivity index (χ1n) is 9.37. The highest BCUT2D eigenvalue weighted by Gasteiger charge is 2.15. The molecule has 1 aliphatic heterocycles. The lowest BCUT2D eigenvalue weighted by molar-refractivity contribution is -0.120. The molecule has 1 heterocycles. The van der Waals surface area contributed by atoms with Gasteiger partial charge in [-0.2, -0.15) is 0 Å². The van der Waals surface area contributed by atoms with Gasteiger partial charge < -0.3 is 20.1 Å². The zero-order chi connectivity index (χ0) is 20.1. The second kappa shape index (κ2) is 8.33. The topological polar surface area (TPSA) is 76.7 Å². The molecule has 0 aromatic heterocycles. The number of hydrogen-bond donors (Lipinski definition) is 2. The van der Waals surface area contributed by atoms with Crippen LogP contribution in [-0.4, -0.2) is 31.6 Å². The Balaban J connectivity index is 1.47. The molecule has 6 nitrogen and oxygen atoms in total. The number of carbonyl (C=O) groups excluding carboxylic acids is 2. The fraction of sp³-hybridized carbons (Fsp3) is 0.364. The van der Waals surface area contributed by atoms with Gasteiger partial charge in [0.1, 0.15) is 13.2 Å². The lowest BCUT2D eigenvalue weighted by atomic mass is 9.87. The van der Waals surface area contributed by atoms with E-state index in [0.29, 0.717) is 36.8 Å². The van der Waals surface area contributed by atoms with E-state index in [1.54, 1.807) is 12.1 Å². The maximum absolute atomic E-state index is 12.2. The van der Waals surface area contributed by atoms with Crippen molar-refractivity contribution in [1.29, 1.82) is 0 Å². The molecule has 148 valence electrons. The Kier molecular flexibility index (Phi) is 5.87. The number of hydrogen-bond acceptors (Lipinski definition) is 4. The largest absolute Gasteiger partial charge is 0.486 e. The van der Waals surface area contributed by atoms with Crippen LogP contribution in [0.1, 0.15) is 42.3 Å². The van der Waals surface area contributed by atoms with Crippen LogP contribution in [0.2, 0.25) is 0 Å². The van der Waals surface area contributed by atoms with Crippen LogP contribution in [0.5, 0.6) is 11.5 Å². The number of carbonyl (C=O) groups is 2. The number of ether oxygens (including phenoxy) is 2. The normalized spacial score (nSPS) is 13.0. The van der Waals surface area contributed by atoms with Gasteiger partial charge in [-0.3, -0.25) is 9.59 Å². The van der Waals surface area contributed by atoms with E-state index < -0.39 is 0 Å². The van der Waals surface area contributed by atoms with Crippen LogP contribution in [0, 0.1) is 0 Å². The first kappa shape index (κ1) is 19.7. The van der Waals surface area contributed by atoms with Crippen molar-refractivity contribution in [3.8, 4) is 11.5 Å². The van der Waals surface area contributed by atoms with Gasteiger partial charge in [0, 0.05) is 12.1 Å². The van der Waals surface area contributed by atoms with E-state index in [9.17, 15) is 9.59 Å². The molecule has 0 unspecified atom stereocenters. The van der Waals surface area contributed by atoms with E-state index in [1.165, 1.54) is 0 Å². The smallest absolute Gasteiger partial charge is 0.251 e. The van der Waals surface area contributed by atoms with Crippen molar-refractivity contribution in [1.82, 2.24) is 10.6 Å². The van der Waals surface area contributed by atoms with Gasteiger partial charge >= 0.3 is 0 Å². The SMILES string of the molecule is CC(C)(C)c1ccc(C(=O)NCC(=O)NCc2ccc3c(c2)OCCO3)cc1. The number of benzene rings is 2. The van der Waals surface area contributed by atoms with Crippen molar-refractivity contribution in [3.05, 3.63) is 59.2 Å². The minimum absolute atomic E-state index is 0.0305. The molecule has 2 N–H and O–H groups in total. The first-order chi connectivity index (χ1) is 13.3. The Morgan fingerprint density at radius 2 is 1.61 bits per heavy atom. The molecule has 0 saturated carbocycles. The molecule has 0 atom stereocenters. The van der Waals surface area contributed by atoms with Crippen molar-refractivity contribution < 1.29 is 19.1 Å². The Morgan fingerprint density at radius 1 is 0.929 bits per heavy atom. The molecule has 0 bridgehead atoms. The van der Waals surface area contributed by atoms with E-state index in [-0.39, 0.29) is 23.8 Å². The van der Waals surface area contributed by atoms with Crippen molar-refractivity contribution >= 4 is 11.8 Å². The molecule has 0 saturated heterocycles. The molecule has 0 spiro atoms. The van der Waals surface area contributed by atoms with Gasteiger partial charge in [-0.25, -0.2) is 0 Å². The maximum Gasteiger partial charge on any atom is 0.251 e. The fourth-order valence-electron chi connectivity index (χ4n) is 2.85. The van der Waals surface area contributed by atoms with Crippen LogP contribution in [0.4, 0.5) is 0 Å². The third kappa shape index (κ3) is 5.03. The van der Waals surface area contributed by atoms with Crippen LogP contribution in [0.25, 0.3) is 0 Å². The molecule has 2 aromatic carbocycles. The van der Waals surface area contributed by atoms with Gasteiger partial charge in [0.25, 0.3) is 5.91 Å². The van der Waals surface area contributed by atoms with Crippen LogP contribution in [0.15, 0.2) is 42.5 Å². The van der Waals surface area contributed by atoms with Crippen LogP contribution in [-0.2, 0) is 16.8 Å². The lowest BCUT2D eigenvalue weighted by Gasteiger charge is -2.19. The highest BCUT2D eigenvalue weighted by atomic mass is 16.6. The van der Waals surface area contributed by atoms with E-state index in [0.717, 1.165) is 11.1 Å². The van der Waals surface area contributed by atoms with E-state index in [4.69, 9.17) is 9.47 Å². The monoisotopic (exact) mass is 382 g/mol. The van der Waals surface area contributed by atoms with E-state index in [2.05, 4.69) is 31.4 Å². The quantitative estimate of drug-likeness (QED) is 0.834. The molecule has 28 heavy (non-hydrogen) atoms. The van der Waals surface area contributed by atoms with Gasteiger partial charge in [-0.05, 0) is 40.8 Å². The summed E-state index contributed by atoms with van der Waals surface area (Å²) < 4.78 is 11.0. The molecule has 1 aliphatic rings. The molecular formula is C22H26N2O4. The van der Waals surface area contributed by atoms with E-state index in [1.807, 2.05) is 30.3 Å². The van der Waals surface area contributed by atoms with Gasteiger partial charge in [-0.1, -0.05) is 39.0 Å². The molecule has 0 fully saturated rings. The number of rotatable bonds is 5. The summed E-state index contributed by atoms with van der Waals surface area (Å²) in [5.74, 6) is 0.876. The highest BCUT2D eigenvalue weighted by Crippen LogP contribution is 2.30.